The molecule has 30 heavy (non-hydrogen) atoms. The molecule has 0 saturated carbocycles. The van der Waals surface area contributed by atoms with Crippen LogP contribution < -0.4 is 27.4 Å². The van der Waals surface area contributed by atoms with Gasteiger partial charge in [0.15, 0.2) is 0 Å². The van der Waals surface area contributed by atoms with Crippen LogP contribution in [0.1, 0.15) is 26.7 Å². The molecule has 0 bridgehead atoms. The Morgan fingerprint density at radius 1 is 1.00 bits per heavy atom. The number of rotatable bonds is 14. The van der Waals surface area contributed by atoms with Crippen LogP contribution in [0.4, 0.5) is 0 Å². The molecule has 0 aromatic carbocycles. The molecular weight excluding hydrogens is 434 g/mol. The van der Waals surface area contributed by atoms with E-state index < -0.39 is 66.1 Å². The molecule has 0 spiro atoms. The highest BCUT2D eigenvalue weighted by atomic mass is 32.2. The minimum Gasteiger partial charge on any atom is -0.480 e. The number of amides is 4. The van der Waals surface area contributed by atoms with Gasteiger partial charge in [0.25, 0.3) is 0 Å². The Bertz CT molecular complexity index is 634. The van der Waals surface area contributed by atoms with Gasteiger partial charge in [-0.3, -0.25) is 19.2 Å². The summed E-state index contributed by atoms with van der Waals surface area (Å²) in [5, 5.41) is 16.3. The van der Waals surface area contributed by atoms with Gasteiger partial charge in [0, 0.05) is 5.75 Å². The van der Waals surface area contributed by atoms with E-state index in [0.717, 1.165) is 0 Å². The molecule has 172 valence electrons. The van der Waals surface area contributed by atoms with Crippen LogP contribution in [0.15, 0.2) is 0 Å². The third-order valence-corrected chi connectivity index (χ3v) is 5.06. The quantitative estimate of drug-likeness (QED) is 0.144. The molecular formula is C17H31N5O6S2. The van der Waals surface area contributed by atoms with Crippen LogP contribution in [0.25, 0.3) is 0 Å². The first kappa shape index (κ1) is 28.0. The van der Waals surface area contributed by atoms with Gasteiger partial charge >= 0.3 is 5.97 Å². The zero-order chi connectivity index (χ0) is 23.4. The monoisotopic (exact) mass is 465 g/mol. The average Bonchev–Trinajstić information content (AvgIpc) is 2.66. The van der Waals surface area contributed by atoms with Crippen molar-refractivity contribution in [3.8, 4) is 0 Å². The van der Waals surface area contributed by atoms with E-state index in [1.54, 1.807) is 13.8 Å². The molecule has 4 amide bonds. The molecule has 0 aliphatic heterocycles. The van der Waals surface area contributed by atoms with E-state index in [1.807, 2.05) is 6.26 Å². The van der Waals surface area contributed by atoms with Crippen molar-refractivity contribution in [2.24, 2.45) is 17.4 Å². The molecule has 4 atom stereocenters. The summed E-state index contributed by atoms with van der Waals surface area (Å²) in [6.45, 7) is 3.28. The molecule has 0 aromatic heterocycles. The number of carbonyl (C=O) groups excluding carboxylic acids is 4. The number of carbonyl (C=O) groups is 5. The highest BCUT2D eigenvalue weighted by Crippen LogP contribution is 2.05. The summed E-state index contributed by atoms with van der Waals surface area (Å²) in [5.41, 5.74) is 10.8. The summed E-state index contributed by atoms with van der Waals surface area (Å²) in [7, 11) is 0. The largest absolute Gasteiger partial charge is 0.480 e. The van der Waals surface area contributed by atoms with E-state index in [9.17, 15) is 24.0 Å². The first-order chi connectivity index (χ1) is 13.9. The number of nitrogens with one attached hydrogen (secondary N) is 3. The maximum atomic E-state index is 12.6. The lowest BCUT2D eigenvalue weighted by molar-refractivity contribution is -0.144. The van der Waals surface area contributed by atoms with Crippen molar-refractivity contribution >= 4 is 54.0 Å². The molecule has 0 aliphatic rings. The van der Waals surface area contributed by atoms with Crippen molar-refractivity contribution in [1.29, 1.82) is 0 Å². The lowest BCUT2D eigenvalue weighted by atomic mass is 10.0. The Kier molecular flexibility index (Phi) is 13.2. The number of primary amides is 1. The lowest BCUT2D eigenvalue weighted by Gasteiger charge is -2.26. The second kappa shape index (κ2) is 14.1. The minimum atomic E-state index is -1.53. The number of carboxylic acid groups (broad SMARTS) is 1. The van der Waals surface area contributed by atoms with Crippen molar-refractivity contribution in [1.82, 2.24) is 16.0 Å². The van der Waals surface area contributed by atoms with Gasteiger partial charge in [-0.25, -0.2) is 4.79 Å². The van der Waals surface area contributed by atoms with Gasteiger partial charge in [-0.15, -0.1) is 0 Å². The number of hydrogen-bond donors (Lipinski definition) is 7. The predicted octanol–water partition coefficient (Wildman–Crippen LogP) is -1.93. The normalized spacial score (nSPS) is 14.9. The number of aliphatic carboxylic acids is 1. The van der Waals surface area contributed by atoms with E-state index in [4.69, 9.17) is 16.6 Å². The smallest absolute Gasteiger partial charge is 0.326 e. The van der Waals surface area contributed by atoms with Gasteiger partial charge < -0.3 is 32.5 Å². The number of thiol groups is 1. The topological polar surface area (TPSA) is 194 Å². The second-order valence-electron chi connectivity index (χ2n) is 6.93. The zero-order valence-electron chi connectivity index (χ0n) is 17.2. The first-order valence-corrected chi connectivity index (χ1v) is 11.2. The Labute approximate surface area is 185 Å². The molecule has 0 fully saturated rings. The Hall–Kier alpha value is -1.99. The number of thioether (sulfide) groups is 1. The molecule has 11 nitrogen and oxygen atoms in total. The summed E-state index contributed by atoms with van der Waals surface area (Å²) in [4.78, 5) is 59.5. The predicted molar refractivity (Wildman–Crippen MR) is 117 cm³/mol. The van der Waals surface area contributed by atoms with Crippen LogP contribution in [-0.2, 0) is 24.0 Å². The van der Waals surface area contributed by atoms with Crippen LogP contribution >= 0.6 is 24.4 Å². The van der Waals surface area contributed by atoms with E-state index in [1.165, 1.54) is 11.8 Å². The third kappa shape index (κ3) is 10.2. The zero-order valence-corrected chi connectivity index (χ0v) is 18.9. The fourth-order valence-corrected chi connectivity index (χ4v) is 3.05. The Morgan fingerprint density at radius 2 is 1.57 bits per heavy atom. The summed E-state index contributed by atoms with van der Waals surface area (Å²) in [5.74, 6) is -4.11. The highest BCUT2D eigenvalue weighted by molar-refractivity contribution is 7.98. The van der Waals surface area contributed by atoms with Gasteiger partial charge in [0.2, 0.25) is 23.6 Å². The molecule has 13 heteroatoms. The van der Waals surface area contributed by atoms with E-state index in [0.29, 0.717) is 12.2 Å². The third-order valence-electron chi connectivity index (χ3n) is 4.05. The fraction of sp³-hybridized carbons (Fsp3) is 0.706. The second-order valence-corrected chi connectivity index (χ2v) is 8.28. The van der Waals surface area contributed by atoms with Crippen molar-refractivity contribution in [2.75, 3.05) is 17.8 Å². The van der Waals surface area contributed by atoms with Crippen molar-refractivity contribution in [3.63, 3.8) is 0 Å². The van der Waals surface area contributed by atoms with E-state index in [2.05, 4.69) is 28.6 Å². The maximum Gasteiger partial charge on any atom is 0.326 e. The molecule has 0 heterocycles. The van der Waals surface area contributed by atoms with Gasteiger partial charge in [0.05, 0.1) is 12.5 Å². The first-order valence-electron chi connectivity index (χ1n) is 9.22. The SMILES string of the molecule is CSCCC(N)C(=O)NC(CS)C(=O)NC(C(=O)NC(CC(N)=O)C(=O)O)C(C)C. The van der Waals surface area contributed by atoms with Gasteiger partial charge in [-0.1, -0.05) is 13.8 Å². The molecule has 0 rings (SSSR count). The van der Waals surface area contributed by atoms with E-state index >= 15 is 0 Å². The molecule has 4 unspecified atom stereocenters. The maximum absolute atomic E-state index is 12.6. The summed E-state index contributed by atoms with van der Waals surface area (Å²) >= 11 is 5.60. The molecule has 0 aliphatic carbocycles. The van der Waals surface area contributed by atoms with Crippen LogP contribution in [0.5, 0.6) is 0 Å². The lowest BCUT2D eigenvalue weighted by Crippen LogP contribution is -2.59. The fourth-order valence-electron chi connectivity index (χ4n) is 2.30. The molecule has 8 N–H and O–H groups in total. The van der Waals surface area contributed by atoms with Crippen molar-refractivity contribution < 1.29 is 29.1 Å². The number of carboxylic acids is 1. The van der Waals surface area contributed by atoms with Crippen molar-refractivity contribution in [3.05, 3.63) is 0 Å². The van der Waals surface area contributed by atoms with Crippen molar-refractivity contribution in [2.45, 2.75) is 50.9 Å². The van der Waals surface area contributed by atoms with E-state index in [-0.39, 0.29) is 5.75 Å². The molecule has 0 aromatic rings. The standard InChI is InChI=1S/C17H31N5O6S2/c1-8(2)13(16(26)20-10(17(27)28)6-12(19)23)22-15(25)11(7-29)21-14(24)9(18)4-5-30-3/h8-11,13,29H,4-7,18H2,1-3H3,(H2,19,23)(H,20,26)(H,21,24)(H,22,25)(H,27,28). The number of hydrogen-bond acceptors (Lipinski definition) is 8. The van der Waals surface area contributed by atoms with Crippen LogP contribution in [0.2, 0.25) is 0 Å². The summed E-state index contributed by atoms with van der Waals surface area (Å²) in [6.07, 6.45) is 1.72. The minimum absolute atomic E-state index is 0.0430. The Morgan fingerprint density at radius 3 is 2.00 bits per heavy atom. The molecule has 0 saturated heterocycles. The van der Waals surface area contributed by atoms with Crippen LogP contribution in [0.3, 0.4) is 0 Å². The average molecular weight is 466 g/mol. The Balaban J connectivity index is 5.14. The van der Waals surface area contributed by atoms with Crippen LogP contribution in [0, 0.1) is 5.92 Å². The van der Waals surface area contributed by atoms with Crippen LogP contribution in [-0.4, -0.2) is 76.6 Å². The summed E-state index contributed by atoms with van der Waals surface area (Å²) in [6, 6.07) is -4.47. The van der Waals surface area contributed by atoms with Gasteiger partial charge in [-0.2, -0.15) is 24.4 Å². The summed E-state index contributed by atoms with van der Waals surface area (Å²) < 4.78 is 0. The molecule has 0 radical (unpaired) electrons. The number of nitrogens with two attached hydrogens (primary N) is 2. The highest BCUT2D eigenvalue weighted by Gasteiger charge is 2.31. The van der Waals surface area contributed by atoms with Gasteiger partial charge in [0.1, 0.15) is 18.1 Å². The van der Waals surface area contributed by atoms with Gasteiger partial charge in [-0.05, 0) is 24.3 Å².